The fourth-order valence-corrected chi connectivity index (χ4v) is 0.440. The average molecular weight is 223 g/mol. The maximum atomic E-state index is 8.34. The Kier molecular flexibility index (Phi) is 8.01. The summed E-state index contributed by atoms with van der Waals surface area (Å²) in [6.45, 7) is 3.11. The zero-order valence-corrected chi connectivity index (χ0v) is 7.41. The van der Waals surface area contributed by atoms with Crippen molar-refractivity contribution in [3.63, 3.8) is 0 Å². The van der Waals surface area contributed by atoms with Crippen LogP contribution in [-0.2, 0) is 12.6 Å². The molecule has 0 atom stereocenters. The van der Waals surface area contributed by atoms with Crippen molar-refractivity contribution in [3.05, 3.63) is 0 Å². The first-order valence-corrected chi connectivity index (χ1v) is 3.52. The van der Waals surface area contributed by atoms with Crippen molar-refractivity contribution in [1.82, 2.24) is 0 Å². The van der Waals surface area contributed by atoms with Crippen molar-refractivity contribution in [2.24, 2.45) is 0 Å². The molecule has 0 aromatic rings. The molecule has 0 spiro atoms. The molecule has 2 radical (unpaired) electrons. The van der Waals surface area contributed by atoms with Crippen LogP contribution in [-0.4, -0.2) is 48.9 Å². The zero-order valence-electron chi connectivity index (χ0n) is 4.55. The molecule has 0 amide bonds. The second kappa shape index (κ2) is 7.52. The Morgan fingerprint density at radius 1 is 0.875 bits per heavy atom. The molecule has 0 aliphatic carbocycles. The van der Waals surface area contributed by atoms with Crippen LogP contribution >= 0.6 is 0 Å². The Bertz CT molecular complexity index is 35.0. The van der Waals surface area contributed by atoms with Gasteiger partial charge >= 0.3 is 25.6 Å². The first-order valence-electron chi connectivity index (χ1n) is 2.36. The summed E-state index contributed by atoms with van der Waals surface area (Å²) < 4.78 is 18.2. The molecule has 0 aromatic heterocycles. The van der Waals surface area contributed by atoms with Gasteiger partial charge in [0.1, 0.15) is 0 Å². The van der Waals surface area contributed by atoms with Gasteiger partial charge in [0.05, 0.1) is 26.4 Å². The molecule has 1 rings (SSSR count). The van der Waals surface area contributed by atoms with Gasteiger partial charge in [0, 0.05) is 0 Å². The van der Waals surface area contributed by atoms with Gasteiger partial charge in [-0.3, -0.25) is 0 Å². The van der Waals surface area contributed by atoms with Crippen molar-refractivity contribution < 1.29 is 12.6 Å². The molecular formula is C4H8O3Sn. The SMILES string of the molecule is C1COCCO1.[O]=[Sn]. The van der Waals surface area contributed by atoms with Crippen LogP contribution in [0.1, 0.15) is 0 Å². The molecule has 0 bridgehead atoms. The predicted octanol–water partition coefficient (Wildman–Crippen LogP) is -0.466. The molecule has 0 saturated carbocycles. The molecule has 0 unspecified atom stereocenters. The van der Waals surface area contributed by atoms with Gasteiger partial charge in [0.15, 0.2) is 0 Å². The summed E-state index contributed by atoms with van der Waals surface area (Å²) in [6.07, 6.45) is 0. The van der Waals surface area contributed by atoms with Crippen LogP contribution in [0.5, 0.6) is 0 Å². The molecule has 1 heterocycles. The summed E-state index contributed by atoms with van der Waals surface area (Å²) in [5, 5.41) is 0. The average Bonchev–Trinajstić information content (AvgIpc) is 1.96. The van der Waals surface area contributed by atoms with E-state index in [1.54, 1.807) is 0 Å². The van der Waals surface area contributed by atoms with Crippen LogP contribution in [0.15, 0.2) is 0 Å². The van der Waals surface area contributed by atoms with Crippen LogP contribution < -0.4 is 0 Å². The monoisotopic (exact) mass is 224 g/mol. The van der Waals surface area contributed by atoms with E-state index in [0.717, 1.165) is 26.4 Å². The fourth-order valence-electron chi connectivity index (χ4n) is 0.440. The molecule has 8 heavy (non-hydrogen) atoms. The Morgan fingerprint density at radius 2 is 1.12 bits per heavy atom. The summed E-state index contributed by atoms with van der Waals surface area (Å²) in [5.74, 6) is 0. The summed E-state index contributed by atoms with van der Waals surface area (Å²) in [7, 11) is 0. The Morgan fingerprint density at radius 3 is 1.25 bits per heavy atom. The van der Waals surface area contributed by atoms with Crippen molar-refractivity contribution in [2.45, 2.75) is 0 Å². The van der Waals surface area contributed by atoms with Crippen LogP contribution in [0, 0.1) is 0 Å². The summed E-state index contributed by atoms with van der Waals surface area (Å²) in [6, 6.07) is 0. The summed E-state index contributed by atoms with van der Waals surface area (Å²) in [4.78, 5) is 0. The minimum absolute atomic E-state index is 0.300. The second-order valence-electron chi connectivity index (χ2n) is 1.22. The third-order valence-electron chi connectivity index (χ3n) is 0.744. The molecule has 4 heteroatoms. The van der Waals surface area contributed by atoms with E-state index < -0.39 is 0 Å². The van der Waals surface area contributed by atoms with Crippen molar-refractivity contribution in [3.8, 4) is 0 Å². The third kappa shape index (κ3) is 4.67. The Hall–Kier alpha value is 0.519. The first-order chi connectivity index (χ1) is 4.00. The number of hydrogen-bond donors (Lipinski definition) is 0. The van der Waals surface area contributed by atoms with Gasteiger partial charge < -0.3 is 9.47 Å². The van der Waals surface area contributed by atoms with E-state index in [-0.39, 0.29) is 0 Å². The van der Waals surface area contributed by atoms with Gasteiger partial charge in [-0.05, 0) is 0 Å². The maximum absolute atomic E-state index is 8.34. The quantitative estimate of drug-likeness (QED) is 0.521. The van der Waals surface area contributed by atoms with Crippen LogP contribution in [0.3, 0.4) is 0 Å². The second-order valence-corrected chi connectivity index (χ2v) is 1.22. The third-order valence-corrected chi connectivity index (χ3v) is 0.744. The number of rotatable bonds is 0. The summed E-state index contributed by atoms with van der Waals surface area (Å²) in [5.41, 5.74) is 0. The Balaban J connectivity index is 0.000000222. The van der Waals surface area contributed by atoms with Crippen molar-refractivity contribution in [1.29, 1.82) is 0 Å². The van der Waals surface area contributed by atoms with Crippen LogP contribution in [0.4, 0.5) is 0 Å². The van der Waals surface area contributed by atoms with Gasteiger partial charge in [-0.1, -0.05) is 0 Å². The van der Waals surface area contributed by atoms with Crippen molar-refractivity contribution in [2.75, 3.05) is 26.4 Å². The molecular weight excluding hydrogens is 215 g/mol. The van der Waals surface area contributed by atoms with E-state index in [0.29, 0.717) is 22.5 Å². The van der Waals surface area contributed by atoms with E-state index in [4.69, 9.17) is 12.6 Å². The normalized spacial score (nSPS) is 18.5. The number of ether oxygens (including phenoxy) is 2. The minimum atomic E-state index is 0.300. The number of hydrogen-bond acceptors (Lipinski definition) is 3. The van der Waals surface area contributed by atoms with Crippen molar-refractivity contribution >= 4 is 22.5 Å². The van der Waals surface area contributed by atoms with E-state index in [1.165, 1.54) is 0 Å². The molecule has 3 nitrogen and oxygen atoms in total. The van der Waals surface area contributed by atoms with Gasteiger partial charge in [-0.2, -0.15) is 0 Å². The Labute approximate surface area is 61.8 Å². The van der Waals surface area contributed by atoms with Gasteiger partial charge in [-0.25, -0.2) is 0 Å². The molecule has 1 saturated heterocycles. The fraction of sp³-hybridized carbons (Fsp3) is 1.00. The molecule has 1 aliphatic rings. The molecule has 46 valence electrons. The zero-order chi connectivity index (χ0) is 6.24. The molecule has 1 fully saturated rings. The van der Waals surface area contributed by atoms with E-state index in [9.17, 15) is 0 Å². The predicted molar refractivity (Wildman–Crippen MR) is 28.1 cm³/mol. The topological polar surface area (TPSA) is 35.5 Å². The van der Waals surface area contributed by atoms with E-state index in [1.807, 2.05) is 0 Å². The molecule has 1 aliphatic heterocycles. The van der Waals surface area contributed by atoms with Crippen LogP contribution in [0.25, 0.3) is 0 Å². The van der Waals surface area contributed by atoms with Gasteiger partial charge in [0.25, 0.3) is 0 Å². The van der Waals surface area contributed by atoms with Crippen LogP contribution in [0.2, 0.25) is 0 Å². The molecule has 0 aromatic carbocycles. The standard InChI is InChI=1S/C4H8O2.O.Sn/c1-2-6-4-3-5-1;;/h1-4H2;;. The first kappa shape index (κ1) is 8.52. The summed E-state index contributed by atoms with van der Waals surface area (Å²) >= 11 is 0.300. The van der Waals surface area contributed by atoms with E-state index in [2.05, 4.69) is 0 Å². The van der Waals surface area contributed by atoms with Gasteiger partial charge in [0.2, 0.25) is 0 Å². The van der Waals surface area contributed by atoms with E-state index >= 15 is 0 Å². The molecule has 0 N–H and O–H groups in total. The van der Waals surface area contributed by atoms with Gasteiger partial charge in [-0.15, -0.1) is 0 Å².